The van der Waals surface area contributed by atoms with Gasteiger partial charge in [-0.1, -0.05) is 109 Å². The molecule has 5 heteroatoms. The first kappa shape index (κ1) is 26.3. The van der Waals surface area contributed by atoms with Crippen LogP contribution in [0.25, 0.3) is 83.0 Å². The van der Waals surface area contributed by atoms with Gasteiger partial charge in [-0.05, 0) is 53.1 Å². The second-order valence-corrected chi connectivity index (χ2v) is 13.2. The molecule has 0 saturated heterocycles. The number of ether oxygens (including phenoxy) is 1. The van der Waals surface area contributed by atoms with Crippen LogP contribution >= 0.6 is 0 Å². The van der Waals surface area contributed by atoms with E-state index in [1.807, 2.05) is 36.4 Å². The van der Waals surface area contributed by atoms with Crippen molar-refractivity contribution in [1.29, 1.82) is 0 Å². The quantitative estimate of drug-likeness (QED) is 0.189. The van der Waals surface area contributed by atoms with Gasteiger partial charge in [0.05, 0.1) is 27.6 Å². The largest absolute Gasteiger partial charge is 0.456 e. The SMILES string of the molecule is c1ccc2c(c1)Oc1cccc3nc(-n4c5ccccc5c5ccc6c(c54)-c4ccccc4C6c4cccc5c4oc4ccccc45)nc-2c13. The summed E-state index contributed by atoms with van der Waals surface area (Å²) in [6.07, 6.45) is 0. The predicted octanol–water partition coefficient (Wildman–Crippen LogP) is 11.6. The van der Waals surface area contributed by atoms with Crippen LogP contribution in [0.5, 0.6) is 11.5 Å². The van der Waals surface area contributed by atoms with Gasteiger partial charge in [-0.2, -0.15) is 0 Å². The minimum atomic E-state index is -0.00779. The summed E-state index contributed by atoms with van der Waals surface area (Å²) in [6.45, 7) is 0. The first-order valence-electron chi connectivity index (χ1n) is 17.0. The normalized spacial score (nSPS) is 14.4. The standard InChI is InChI=1S/C45H25N3O2/c1-2-14-28-27(13-1)39(33-17-9-16-30-26-12-4-7-20-36(26)50-44(30)33)32-24-23-29-25-11-3-6-19-35(25)48(43(29)40(28)32)45-46-34-18-10-22-38-41(34)42(47-45)31-15-5-8-21-37(31)49-38/h1-24,39H. The van der Waals surface area contributed by atoms with Gasteiger partial charge in [0.2, 0.25) is 5.95 Å². The fourth-order valence-electron chi connectivity index (χ4n) is 8.67. The molecule has 50 heavy (non-hydrogen) atoms. The molecule has 12 rings (SSSR count). The summed E-state index contributed by atoms with van der Waals surface area (Å²) in [5.74, 6) is 2.21. The molecular formula is C45H25N3O2. The summed E-state index contributed by atoms with van der Waals surface area (Å²) in [7, 11) is 0. The molecule has 0 fully saturated rings. The van der Waals surface area contributed by atoms with Crippen LogP contribution in [0.15, 0.2) is 150 Å². The topological polar surface area (TPSA) is 53.1 Å². The van der Waals surface area contributed by atoms with Crippen molar-refractivity contribution >= 4 is 54.6 Å². The van der Waals surface area contributed by atoms with Gasteiger partial charge in [-0.15, -0.1) is 0 Å². The third kappa shape index (κ3) is 3.31. The summed E-state index contributed by atoms with van der Waals surface area (Å²) in [5.41, 5.74) is 12.8. The van der Waals surface area contributed by atoms with Gasteiger partial charge in [-0.3, -0.25) is 4.57 Å². The Morgan fingerprint density at radius 3 is 2.22 bits per heavy atom. The Morgan fingerprint density at radius 2 is 1.26 bits per heavy atom. The number of hydrogen-bond acceptors (Lipinski definition) is 4. The van der Waals surface area contributed by atoms with Crippen molar-refractivity contribution in [3.63, 3.8) is 0 Å². The van der Waals surface area contributed by atoms with E-state index < -0.39 is 0 Å². The van der Waals surface area contributed by atoms with E-state index in [0.29, 0.717) is 5.95 Å². The first-order chi connectivity index (χ1) is 24.8. The Kier molecular flexibility index (Phi) is 4.97. The van der Waals surface area contributed by atoms with Gasteiger partial charge < -0.3 is 9.15 Å². The summed E-state index contributed by atoms with van der Waals surface area (Å²) in [5, 5.41) is 5.55. The molecule has 0 amide bonds. The van der Waals surface area contributed by atoms with Crippen molar-refractivity contribution in [3.8, 4) is 39.8 Å². The predicted molar refractivity (Wildman–Crippen MR) is 199 cm³/mol. The Labute approximate surface area is 285 Å². The van der Waals surface area contributed by atoms with E-state index in [-0.39, 0.29) is 5.92 Å². The van der Waals surface area contributed by atoms with Crippen LogP contribution < -0.4 is 4.74 Å². The summed E-state index contributed by atoms with van der Waals surface area (Å²) < 4.78 is 15.2. The van der Waals surface area contributed by atoms with Crippen molar-refractivity contribution in [3.05, 3.63) is 162 Å². The number of furan rings is 1. The lowest BCUT2D eigenvalue weighted by molar-refractivity contribution is 0.486. The van der Waals surface area contributed by atoms with Gasteiger partial charge in [0.1, 0.15) is 22.7 Å². The fraction of sp³-hybridized carbons (Fsp3) is 0.0222. The maximum atomic E-state index is 6.63. The third-order valence-electron chi connectivity index (χ3n) is 10.7. The molecule has 1 unspecified atom stereocenters. The molecule has 3 aromatic heterocycles. The highest BCUT2D eigenvalue weighted by molar-refractivity contribution is 6.16. The highest BCUT2D eigenvalue weighted by Gasteiger charge is 2.35. The van der Waals surface area contributed by atoms with Gasteiger partial charge in [0.15, 0.2) is 0 Å². The van der Waals surface area contributed by atoms with Crippen molar-refractivity contribution in [2.45, 2.75) is 5.92 Å². The molecule has 4 heterocycles. The number of para-hydroxylation sites is 4. The summed E-state index contributed by atoms with van der Waals surface area (Å²) in [6, 6.07) is 51.1. The molecule has 10 aromatic rings. The van der Waals surface area contributed by atoms with Crippen LogP contribution in [0.1, 0.15) is 22.6 Å². The number of nitrogens with zero attached hydrogens (tertiary/aromatic N) is 3. The maximum absolute atomic E-state index is 6.63. The van der Waals surface area contributed by atoms with E-state index in [1.165, 1.54) is 38.6 Å². The summed E-state index contributed by atoms with van der Waals surface area (Å²) >= 11 is 0. The smallest absolute Gasteiger partial charge is 0.235 e. The van der Waals surface area contributed by atoms with Crippen LogP contribution in [0.3, 0.4) is 0 Å². The van der Waals surface area contributed by atoms with Crippen LogP contribution in [-0.2, 0) is 0 Å². The number of aromatic nitrogens is 3. The highest BCUT2D eigenvalue weighted by Crippen LogP contribution is 2.54. The average molecular weight is 640 g/mol. The maximum Gasteiger partial charge on any atom is 0.235 e. The monoisotopic (exact) mass is 639 g/mol. The lowest BCUT2D eigenvalue weighted by Gasteiger charge is -2.21. The molecule has 1 atom stereocenters. The second-order valence-electron chi connectivity index (χ2n) is 13.2. The molecule has 0 bridgehead atoms. The van der Waals surface area contributed by atoms with Gasteiger partial charge in [0.25, 0.3) is 0 Å². The highest BCUT2D eigenvalue weighted by atomic mass is 16.5. The van der Waals surface area contributed by atoms with Crippen LogP contribution in [0, 0.1) is 0 Å². The van der Waals surface area contributed by atoms with E-state index in [4.69, 9.17) is 19.1 Å². The molecule has 0 N–H and O–H groups in total. The van der Waals surface area contributed by atoms with E-state index in [2.05, 4.69) is 114 Å². The number of rotatable bonds is 2. The molecule has 0 saturated carbocycles. The molecular weight excluding hydrogens is 615 g/mol. The van der Waals surface area contributed by atoms with E-state index in [9.17, 15) is 0 Å². The van der Waals surface area contributed by atoms with Crippen LogP contribution in [0.4, 0.5) is 0 Å². The molecule has 0 spiro atoms. The zero-order valence-corrected chi connectivity index (χ0v) is 26.6. The van der Waals surface area contributed by atoms with Gasteiger partial charge in [0, 0.05) is 44.2 Å². The van der Waals surface area contributed by atoms with E-state index >= 15 is 0 Å². The first-order valence-corrected chi connectivity index (χ1v) is 17.0. The Bertz CT molecular complexity index is 3100. The number of hydrogen-bond donors (Lipinski definition) is 0. The van der Waals surface area contributed by atoms with Crippen LogP contribution in [0.2, 0.25) is 0 Å². The van der Waals surface area contributed by atoms with E-state index in [1.54, 1.807) is 0 Å². The average Bonchev–Trinajstić information content (AvgIpc) is 3.83. The lowest BCUT2D eigenvalue weighted by atomic mass is 9.88. The molecule has 232 valence electrons. The Hall–Kier alpha value is -6.72. The minimum Gasteiger partial charge on any atom is -0.456 e. The van der Waals surface area contributed by atoms with Crippen LogP contribution in [-0.4, -0.2) is 14.5 Å². The molecule has 2 aliphatic rings. The fourth-order valence-corrected chi connectivity index (χ4v) is 8.67. The van der Waals surface area contributed by atoms with Crippen molar-refractivity contribution < 1.29 is 9.15 Å². The molecule has 7 aromatic carbocycles. The second kappa shape index (κ2) is 9.46. The van der Waals surface area contributed by atoms with Crippen molar-refractivity contribution in [2.75, 3.05) is 0 Å². The minimum absolute atomic E-state index is 0.00779. The van der Waals surface area contributed by atoms with Crippen molar-refractivity contribution in [2.24, 2.45) is 0 Å². The third-order valence-corrected chi connectivity index (χ3v) is 10.7. The zero-order chi connectivity index (χ0) is 32.5. The van der Waals surface area contributed by atoms with Crippen molar-refractivity contribution in [1.82, 2.24) is 14.5 Å². The van der Waals surface area contributed by atoms with Gasteiger partial charge in [-0.25, -0.2) is 9.97 Å². The molecule has 1 aliphatic heterocycles. The number of fused-ring (bicyclic) bond motifs is 12. The zero-order valence-electron chi connectivity index (χ0n) is 26.6. The number of benzene rings is 7. The lowest BCUT2D eigenvalue weighted by Crippen LogP contribution is -2.07. The molecule has 5 nitrogen and oxygen atoms in total. The Morgan fingerprint density at radius 1 is 0.520 bits per heavy atom. The summed E-state index contributed by atoms with van der Waals surface area (Å²) in [4.78, 5) is 10.7. The van der Waals surface area contributed by atoms with Gasteiger partial charge >= 0.3 is 0 Å². The Balaban J connectivity index is 1.20. The van der Waals surface area contributed by atoms with E-state index in [0.717, 1.165) is 66.6 Å². The molecule has 0 radical (unpaired) electrons. The molecule has 1 aliphatic carbocycles.